The number of ether oxygens (including phenoxy) is 2. The third-order valence-electron chi connectivity index (χ3n) is 7.48. The molecule has 3 N–H and O–H groups in total. The van der Waals surface area contributed by atoms with Crippen LogP contribution in [0.25, 0.3) is 33.2 Å². The number of urea groups is 1. The normalized spacial score (nSPS) is 12.6. The van der Waals surface area contributed by atoms with Crippen molar-refractivity contribution in [1.82, 2.24) is 40.7 Å². The highest BCUT2D eigenvalue weighted by Gasteiger charge is 2.34. The molecule has 0 aromatic carbocycles. The minimum atomic E-state index is -4.67. The van der Waals surface area contributed by atoms with Gasteiger partial charge in [-0.2, -0.15) is 13.2 Å². The van der Waals surface area contributed by atoms with Crippen LogP contribution >= 0.6 is 11.3 Å². The fourth-order valence-electron chi connectivity index (χ4n) is 4.88. The molecule has 0 saturated heterocycles. The second-order valence-corrected chi connectivity index (χ2v) is 13.8. The molecule has 0 spiro atoms. The number of rotatable bonds is 14. The summed E-state index contributed by atoms with van der Waals surface area (Å²) in [6, 6.07) is 1.87. The summed E-state index contributed by atoms with van der Waals surface area (Å²) in [6.07, 6.45) is -2.45. The highest BCUT2D eigenvalue weighted by atomic mass is 32.1. The number of carbonyl (C=O) groups excluding carboxylic acids is 2. The molecule has 4 heterocycles. The van der Waals surface area contributed by atoms with Crippen molar-refractivity contribution >= 4 is 29.3 Å². The summed E-state index contributed by atoms with van der Waals surface area (Å²) in [5, 5.41) is 17.3. The average molecular weight is 748 g/mol. The van der Waals surface area contributed by atoms with Gasteiger partial charge in [-0.05, 0) is 58.8 Å². The van der Waals surface area contributed by atoms with Gasteiger partial charge in [-0.1, -0.05) is 27.7 Å². The Morgan fingerprint density at radius 3 is 2.35 bits per heavy atom. The summed E-state index contributed by atoms with van der Waals surface area (Å²) < 4.78 is 58.7. The number of anilines is 1. The summed E-state index contributed by atoms with van der Waals surface area (Å²) in [5.41, 5.74) is -0.519. The van der Waals surface area contributed by atoms with Gasteiger partial charge in [-0.3, -0.25) is 5.32 Å². The Kier molecular flexibility index (Phi) is 13.1. The molecule has 52 heavy (non-hydrogen) atoms. The minimum Gasteiger partial charge on any atom is -0.476 e. The molecule has 14 nitrogen and oxygen atoms in total. The van der Waals surface area contributed by atoms with Crippen LogP contribution in [0.1, 0.15) is 73.0 Å². The van der Waals surface area contributed by atoms with E-state index in [-0.39, 0.29) is 46.6 Å². The summed E-state index contributed by atoms with van der Waals surface area (Å²) in [7, 11) is 0. The number of alkyl halides is 3. The SMILES string of the molecule is CCNC(=O)Nc1cc(-c2nc(C(F)(F)F)cs2)c(-c2cc(-c3nnc([C@@H](NC(=O)OC(C)(C)C)C(C)C)o3)cnc2OCCN(CC)CC)cn1. The molecule has 4 aromatic rings. The smallest absolute Gasteiger partial charge is 0.434 e. The van der Waals surface area contributed by atoms with E-state index in [1.165, 1.54) is 18.5 Å². The number of alkyl carbamates (subject to hydrolysis) is 1. The zero-order valence-electron chi connectivity index (χ0n) is 30.3. The zero-order chi connectivity index (χ0) is 38.2. The van der Waals surface area contributed by atoms with Crippen molar-refractivity contribution in [2.75, 3.05) is 38.1 Å². The van der Waals surface area contributed by atoms with Crippen molar-refractivity contribution in [2.24, 2.45) is 5.92 Å². The quantitative estimate of drug-likeness (QED) is 0.117. The fourth-order valence-corrected chi connectivity index (χ4v) is 5.73. The number of hydrogen-bond acceptors (Lipinski definition) is 12. The van der Waals surface area contributed by atoms with E-state index in [2.05, 4.69) is 46.0 Å². The van der Waals surface area contributed by atoms with Gasteiger partial charge in [-0.15, -0.1) is 21.5 Å². The molecule has 0 aliphatic rings. The van der Waals surface area contributed by atoms with Gasteiger partial charge < -0.3 is 29.4 Å². The molecule has 3 amide bonds. The average Bonchev–Trinajstić information content (AvgIpc) is 3.76. The molecule has 0 aliphatic carbocycles. The van der Waals surface area contributed by atoms with Gasteiger partial charge in [0.25, 0.3) is 0 Å². The number of likely N-dealkylation sites (N-methyl/N-ethyl adjacent to an activating group) is 1. The van der Waals surface area contributed by atoms with E-state index in [1.54, 1.807) is 33.8 Å². The van der Waals surface area contributed by atoms with Crippen LogP contribution in [-0.4, -0.2) is 80.6 Å². The van der Waals surface area contributed by atoms with E-state index in [1.807, 2.05) is 27.7 Å². The van der Waals surface area contributed by atoms with Gasteiger partial charge in [0.1, 0.15) is 29.1 Å². The van der Waals surface area contributed by atoms with Crippen LogP contribution in [0.15, 0.2) is 34.3 Å². The van der Waals surface area contributed by atoms with Crippen molar-refractivity contribution in [3.63, 3.8) is 0 Å². The van der Waals surface area contributed by atoms with Crippen molar-refractivity contribution in [3.8, 4) is 39.0 Å². The number of pyridine rings is 2. The molecule has 18 heteroatoms. The largest absolute Gasteiger partial charge is 0.476 e. The molecule has 0 fully saturated rings. The van der Waals surface area contributed by atoms with Crippen LogP contribution in [0.5, 0.6) is 5.88 Å². The molecule has 4 aromatic heterocycles. The Morgan fingerprint density at radius 1 is 1.00 bits per heavy atom. The summed E-state index contributed by atoms with van der Waals surface area (Å²) in [4.78, 5) is 39.9. The van der Waals surface area contributed by atoms with Crippen molar-refractivity contribution in [2.45, 2.75) is 73.2 Å². The first-order valence-corrected chi connectivity index (χ1v) is 17.7. The van der Waals surface area contributed by atoms with E-state index in [0.717, 1.165) is 29.8 Å². The van der Waals surface area contributed by atoms with Crippen molar-refractivity contribution in [1.29, 1.82) is 0 Å². The fraction of sp³-hybridized carbons (Fsp3) is 0.500. The molecule has 4 rings (SSSR count). The predicted octanol–water partition coefficient (Wildman–Crippen LogP) is 7.42. The van der Waals surface area contributed by atoms with Gasteiger partial charge in [0.2, 0.25) is 17.7 Å². The Bertz CT molecular complexity index is 1820. The third kappa shape index (κ3) is 10.6. The second kappa shape index (κ2) is 17.1. The summed E-state index contributed by atoms with van der Waals surface area (Å²) in [5.74, 6) is 0.286. The van der Waals surface area contributed by atoms with Gasteiger partial charge >= 0.3 is 18.3 Å². The number of aromatic nitrogens is 5. The molecule has 1 atom stereocenters. The Labute approximate surface area is 303 Å². The summed E-state index contributed by atoms with van der Waals surface area (Å²) in [6.45, 7) is 17.6. The van der Waals surface area contributed by atoms with E-state index in [4.69, 9.17) is 13.9 Å². The first-order chi connectivity index (χ1) is 24.5. The molecule has 0 saturated carbocycles. The number of thiazole rings is 1. The van der Waals surface area contributed by atoms with E-state index in [9.17, 15) is 22.8 Å². The summed E-state index contributed by atoms with van der Waals surface area (Å²) >= 11 is 0.787. The molecule has 0 unspecified atom stereocenters. The Hall–Kier alpha value is -4.84. The molecular formula is C34H44F3N9O5S. The molecule has 282 valence electrons. The van der Waals surface area contributed by atoms with E-state index in [0.29, 0.717) is 29.8 Å². The van der Waals surface area contributed by atoms with Crippen molar-refractivity contribution < 1.29 is 36.7 Å². The lowest BCUT2D eigenvalue weighted by atomic mass is 10.0. The van der Waals surface area contributed by atoms with Crippen LogP contribution in [-0.2, 0) is 10.9 Å². The minimum absolute atomic E-state index is 0.0243. The third-order valence-corrected chi connectivity index (χ3v) is 8.36. The number of amides is 3. The number of carbonyl (C=O) groups is 2. The van der Waals surface area contributed by atoms with Crippen LogP contribution < -0.4 is 20.7 Å². The molecule has 0 bridgehead atoms. The van der Waals surface area contributed by atoms with E-state index >= 15 is 0 Å². The van der Waals surface area contributed by atoms with Crippen molar-refractivity contribution in [3.05, 3.63) is 41.5 Å². The molecule has 0 aliphatic heterocycles. The van der Waals surface area contributed by atoms with Gasteiger partial charge in [0.05, 0.1) is 5.56 Å². The predicted molar refractivity (Wildman–Crippen MR) is 190 cm³/mol. The topological polar surface area (TPSA) is 170 Å². The van der Waals surface area contributed by atoms with Gasteiger partial charge in [-0.25, -0.2) is 24.5 Å². The van der Waals surface area contributed by atoms with E-state index < -0.39 is 35.6 Å². The lowest BCUT2D eigenvalue weighted by Gasteiger charge is -2.23. The van der Waals surface area contributed by atoms with Gasteiger partial charge in [0, 0.05) is 47.6 Å². The monoisotopic (exact) mass is 747 g/mol. The number of nitrogens with one attached hydrogen (secondary N) is 3. The maximum Gasteiger partial charge on any atom is 0.434 e. The molecular weight excluding hydrogens is 703 g/mol. The zero-order valence-corrected chi connectivity index (χ0v) is 31.2. The first kappa shape index (κ1) is 39.9. The lowest BCUT2D eigenvalue weighted by molar-refractivity contribution is -0.140. The van der Waals surface area contributed by atoms with Crippen LogP contribution in [0.3, 0.4) is 0 Å². The highest BCUT2D eigenvalue weighted by Crippen LogP contribution is 2.42. The Balaban J connectivity index is 1.82. The number of halogens is 3. The number of nitrogens with zero attached hydrogens (tertiary/aromatic N) is 6. The lowest BCUT2D eigenvalue weighted by Crippen LogP contribution is -2.37. The standard InChI is InChI=1S/C34H44F3N9O5S/c1-9-38-31(47)42-25-15-22(30-41-24(18-52-30)34(35,36)37)23(17-39-25)21-14-20(16-40-28(21)49-13-12-46(10-2)11-3)27-44-45-29(50-27)26(19(4)5)43-32(48)51-33(6,7)8/h14-19,26H,9-13H2,1-8H3,(H,43,48)(H2,38,39,42,47)/t26-/m0/s1. The maximum absolute atomic E-state index is 13.7. The van der Waals surface area contributed by atoms with Gasteiger partial charge in [0.15, 0.2) is 5.69 Å². The second-order valence-electron chi connectivity index (χ2n) is 12.9. The Morgan fingerprint density at radius 2 is 1.73 bits per heavy atom. The maximum atomic E-state index is 13.7. The highest BCUT2D eigenvalue weighted by molar-refractivity contribution is 7.13. The van der Waals surface area contributed by atoms with Crippen LogP contribution in [0, 0.1) is 5.92 Å². The van der Waals surface area contributed by atoms with Crippen LogP contribution in [0.4, 0.5) is 28.6 Å². The van der Waals surface area contributed by atoms with Crippen LogP contribution in [0.2, 0.25) is 0 Å². The first-order valence-electron chi connectivity index (χ1n) is 16.8. The molecule has 0 radical (unpaired) electrons. The number of hydrogen-bond donors (Lipinski definition) is 3.